The van der Waals surface area contributed by atoms with Gasteiger partial charge in [0.2, 0.25) is 0 Å². The van der Waals surface area contributed by atoms with Crippen molar-refractivity contribution in [1.82, 2.24) is 15.1 Å². The maximum absolute atomic E-state index is 9.29. The summed E-state index contributed by atoms with van der Waals surface area (Å²) in [6, 6.07) is 9.51. The van der Waals surface area contributed by atoms with Gasteiger partial charge in [-0.05, 0) is 24.3 Å². The molecule has 6 nitrogen and oxygen atoms in total. The number of ether oxygens (including phenoxy) is 1. The van der Waals surface area contributed by atoms with Gasteiger partial charge in [-0.1, -0.05) is 0 Å². The van der Waals surface area contributed by atoms with E-state index in [2.05, 4.69) is 21.3 Å². The molecule has 0 aliphatic heterocycles. The number of H-pyrrole nitrogens is 1. The summed E-state index contributed by atoms with van der Waals surface area (Å²) in [4.78, 5) is 5.98. The zero-order valence-corrected chi connectivity index (χ0v) is 11.6. The van der Waals surface area contributed by atoms with E-state index in [0.717, 1.165) is 11.3 Å². The molecule has 2 rings (SSSR count). The van der Waals surface area contributed by atoms with Crippen molar-refractivity contribution in [3.05, 3.63) is 29.8 Å². The number of nitrogens with one attached hydrogen (secondary N) is 1. The van der Waals surface area contributed by atoms with E-state index in [1.165, 1.54) is 0 Å². The fourth-order valence-corrected chi connectivity index (χ4v) is 1.66. The normalized spacial score (nSPS) is 10.5. The van der Waals surface area contributed by atoms with E-state index in [-0.39, 0.29) is 0 Å². The predicted octanol–water partition coefficient (Wildman–Crippen LogP) is 2.18. The second-order valence-corrected chi connectivity index (χ2v) is 4.34. The zero-order valence-electron chi connectivity index (χ0n) is 11.6. The SMILES string of the molecule is COc1ccc(-c2n[nH]c(N=CN(C)C)c2C#N)cc1. The Kier molecular flexibility index (Phi) is 4.01. The maximum Gasteiger partial charge on any atom is 0.168 e. The van der Waals surface area contributed by atoms with Crippen LogP contribution in [-0.2, 0) is 0 Å². The minimum absolute atomic E-state index is 0.424. The van der Waals surface area contributed by atoms with E-state index in [1.807, 2.05) is 38.4 Å². The first-order chi connectivity index (χ1) is 9.65. The number of hydrogen-bond donors (Lipinski definition) is 1. The fourth-order valence-electron chi connectivity index (χ4n) is 1.66. The summed E-state index contributed by atoms with van der Waals surface area (Å²) in [5, 5.41) is 16.2. The highest BCUT2D eigenvalue weighted by molar-refractivity contribution is 5.74. The number of aliphatic imine (C=N–C) groups is 1. The Hall–Kier alpha value is -2.81. The van der Waals surface area contributed by atoms with E-state index in [1.54, 1.807) is 18.3 Å². The lowest BCUT2D eigenvalue weighted by molar-refractivity contribution is 0.415. The average Bonchev–Trinajstić information content (AvgIpc) is 2.88. The van der Waals surface area contributed by atoms with Gasteiger partial charge in [0.1, 0.15) is 23.1 Å². The molecular formula is C14H15N5O. The number of aromatic amines is 1. The minimum atomic E-state index is 0.424. The number of aromatic nitrogens is 2. The van der Waals surface area contributed by atoms with Crippen LogP contribution in [0.15, 0.2) is 29.3 Å². The molecule has 0 bridgehead atoms. The lowest BCUT2D eigenvalue weighted by Crippen LogP contribution is -2.07. The van der Waals surface area contributed by atoms with Gasteiger partial charge in [-0.2, -0.15) is 10.4 Å². The summed E-state index contributed by atoms with van der Waals surface area (Å²) in [5.74, 6) is 1.21. The highest BCUT2D eigenvalue weighted by Crippen LogP contribution is 2.28. The van der Waals surface area contributed by atoms with Crippen LogP contribution in [0.2, 0.25) is 0 Å². The summed E-state index contributed by atoms with van der Waals surface area (Å²) < 4.78 is 5.11. The van der Waals surface area contributed by atoms with Crippen LogP contribution < -0.4 is 4.74 Å². The lowest BCUT2D eigenvalue weighted by atomic mass is 10.1. The van der Waals surface area contributed by atoms with Crippen LogP contribution in [0.3, 0.4) is 0 Å². The van der Waals surface area contributed by atoms with Crippen LogP contribution in [0, 0.1) is 11.3 Å². The third kappa shape index (κ3) is 2.78. The summed E-state index contributed by atoms with van der Waals surface area (Å²) in [7, 11) is 5.32. The van der Waals surface area contributed by atoms with E-state index in [0.29, 0.717) is 17.1 Å². The van der Waals surface area contributed by atoms with Gasteiger partial charge in [-0.25, -0.2) is 4.99 Å². The Labute approximate surface area is 117 Å². The Balaban J connectivity index is 2.39. The lowest BCUT2D eigenvalue weighted by Gasteiger charge is -2.02. The van der Waals surface area contributed by atoms with Gasteiger partial charge in [0.05, 0.1) is 13.4 Å². The molecule has 0 fully saturated rings. The topological polar surface area (TPSA) is 77.3 Å². The number of hydrogen-bond acceptors (Lipinski definition) is 4. The molecule has 0 aliphatic rings. The van der Waals surface area contributed by atoms with Crippen molar-refractivity contribution in [3.63, 3.8) is 0 Å². The maximum atomic E-state index is 9.29. The van der Waals surface area contributed by atoms with Gasteiger partial charge >= 0.3 is 0 Å². The molecule has 0 saturated heterocycles. The summed E-state index contributed by atoms with van der Waals surface area (Å²) in [6.45, 7) is 0. The van der Waals surface area contributed by atoms with Crippen LogP contribution in [-0.4, -0.2) is 42.6 Å². The molecule has 0 radical (unpaired) electrons. The van der Waals surface area contributed by atoms with Crippen LogP contribution in [0.4, 0.5) is 5.82 Å². The molecule has 0 amide bonds. The standard InChI is InChI=1S/C14H15N5O/c1-19(2)9-16-14-12(8-15)13(17-18-14)10-4-6-11(20-3)7-5-10/h4-7,9H,1-3H3,(H,17,18). The molecule has 0 spiro atoms. The molecular weight excluding hydrogens is 254 g/mol. The number of benzene rings is 1. The largest absolute Gasteiger partial charge is 0.497 e. The number of methoxy groups -OCH3 is 1. The quantitative estimate of drug-likeness (QED) is 0.681. The average molecular weight is 269 g/mol. The van der Waals surface area contributed by atoms with Crippen molar-refractivity contribution in [2.45, 2.75) is 0 Å². The Morgan fingerprint density at radius 1 is 1.35 bits per heavy atom. The molecule has 1 N–H and O–H groups in total. The van der Waals surface area contributed by atoms with Crippen molar-refractivity contribution in [2.24, 2.45) is 4.99 Å². The van der Waals surface area contributed by atoms with Crippen molar-refractivity contribution in [3.8, 4) is 23.1 Å². The van der Waals surface area contributed by atoms with E-state index < -0.39 is 0 Å². The van der Waals surface area contributed by atoms with Crippen molar-refractivity contribution in [2.75, 3.05) is 21.2 Å². The molecule has 6 heteroatoms. The van der Waals surface area contributed by atoms with Gasteiger partial charge in [0.25, 0.3) is 0 Å². The van der Waals surface area contributed by atoms with Crippen LogP contribution in [0.5, 0.6) is 5.75 Å². The number of rotatable bonds is 4. The highest BCUT2D eigenvalue weighted by atomic mass is 16.5. The molecule has 102 valence electrons. The number of nitrogens with zero attached hydrogens (tertiary/aromatic N) is 4. The monoisotopic (exact) mass is 269 g/mol. The molecule has 2 aromatic rings. The fraction of sp³-hybridized carbons (Fsp3) is 0.214. The summed E-state index contributed by atoms with van der Waals surface area (Å²) in [5.41, 5.74) is 1.85. The third-order valence-electron chi connectivity index (χ3n) is 2.64. The van der Waals surface area contributed by atoms with Crippen LogP contribution in [0.25, 0.3) is 11.3 Å². The first-order valence-corrected chi connectivity index (χ1v) is 5.99. The minimum Gasteiger partial charge on any atom is -0.497 e. The van der Waals surface area contributed by atoms with E-state index in [4.69, 9.17) is 4.74 Å². The Morgan fingerprint density at radius 2 is 2.05 bits per heavy atom. The van der Waals surface area contributed by atoms with Gasteiger partial charge in [-0.3, -0.25) is 5.10 Å². The highest BCUT2D eigenvalue weighted by Gasteiger charge is 2.14. The smallest absolute Gasteiger partial charge is 0.168 e. The van der Waals surface area contributed by atoms with E-state index in [9.17, 15) is 5.26 Å². The van der Waals surface area contributed by atoms with Crippen molar-refractivity contribution >= 4 is 12.2 Å². The van der Waals surface area contributed by atoms with E-state index >= 15 is 0 Å². The summed E-state index contributed by atoms with van der Waals surface area (Å²) in [6.07, 6.45) is 1.62. The Morgan fingerprint density at radius 3 is 2.60 bits per heavy atom. The summed E-state index contributed by atoms with van der Waals surface area (Å²) >= 11 is 0. The number of nitriles is 1. The molecule has 1 aromatic carbocycles. The van der Waals surface area contributed by atoms with Crippen molar-refractivity contribution < 1.29 is 4.74 Å². The van der Waals surface area contributed by atoms with Gasteiger partial charge < -0.3 is 9.64 Å². The second kappa shape index (κ2) is 5.89. The van der Waals surface area contributed by atoms with Gasteiger partial charge in [0, 0.05) is 19.7 Å². The van der Waals surface area contributed by atoms with Gasteiger partial charge in [-0.15, -0.1) is 0 Å². The Bertz CT molecular complexity index is 649. The molecule has 0 aliphatic carbocycles. The van der Waals surface area contributed by atoms with Crippen LogP contribution >= 0.6 is 0 Å². The molecule has 20 heavy (non-hydrogen) atoms. The predicted molar refractivity (Wildman–Crippen MR) is 77.1 cm³/mol. The molecule has 1 heterocycles. The van der Waals surface area contributed by atoms with Gasteiger partial charge in [0.15, 0.2) is 5.82 Å². The molecule has 1 aromatic heterocycles. The third-order valence-corrected chi connectivity index (χ3v) is 2.64. The van der Waals surface area contributed by atoms with Crippen molar-refractivity contribution in [1.29, 1.82) is 5.26 Å². The molecule has 0 saturated carbocycles. The molecule has 0 atom stereocenters. The first-order valence-electron chi connectivity index (χ1n) is 5.99. The van der Waals surface area contributed by atoms with Crippen LogP contribution in [0.1, 0.15) is 5.56 Å². The zero-order chi connectivity index (χ0) is 14.5. The second-order valence-electron chi connectivity index (χ2n) is 4.34. The molecule has 0 unspecified atom stereocenters. The first kappa shape index (κ1) is 13.6.